The Bertz CT molecular complexity index is 1020. The van der Waals surface area contributed by atoms with Gasteiger partial charge in [-0.15, -0.1) is 0 Å². The van der Waals surface area contributed by atoms with Crippen LogP contribution < -0.4 is 10.6 Å². The number of carbonyl (C=O) groups is 3. The van der Waals surface area contributed by atoms with Crippen molar-refractivity contribution in [2.24, 2.45) is 11.8 Å². The first-order valence-corrected chi connectivity index (χ1v) is 12.5. The van der Waals surface area contributed by atoms with Crippen LogP contribution in [0.4, 0.5) is 4.79 Å². The number of rotatable bonds is 9. The zero-order valence-corrected chi connectivity index (χ0v) is 20.2. The highest BCUT2D eigenvalue weighted by atomic mass is 16.5. The maximum atomic E-state index is 12.9. The average molecular weight is 479 g/mol. The van der Waals surface area contributed by atoms with E-state index in [1.807, 2.05) is 31.2 Å². The summed E-state index contributed by atoms with van der Waals surface area (Å²) < 4.78 is 5.69. The van der Waals surface area contributed by atoms with Gasteiger partial charge in [0.15, 0.2) is 0 Å². The average Bonchev–Trinajstić information content (AvgIpc) is 3.19. The quantitative estimate of drug-likeness (QED) is 0.485. The molecule has 0 saturated heterocycles. The molecule has 2 aromatic carbocycles. The third-order valence-electron chi connectivity index (χ3n) is 7.23. The highest BCUT2D eigenvalue weighted by Crippen LogP contribution is 2.44. The van der Waals surface area contributed by atoms with E-state index in [4.69, 9.17) is 9.84 Å². The summed E-state index contributed by atoms with van der Waals surface area (Å²) in [7, 11) is 0. The standard InChI is InChI=1S/C28H34N2O5/c1-18(14-15-26(31)32)16-29-27(33)23-12-6-7-13-25(23)30-28(34)35-17-24-21-10-4-2-8-19(21)20-9-3-5-11-22(20)24/h2-5,8-11,18,23-25H,6-7,12-17H2,1H3,(H,29,33)(H,30,34)(H,31,32)/t18?,23-,25+/m0/s1. The summed E-state index contributed by atoms with van der Waals surface area (Å²) in [5, 5.41) is 14.7. The number of fused-ring (bicyclic) bond motifs is 3. The first kappa shape index (κ1) is 24.8. The lowest BCUT2D eigenvalue weighted by atomic mass is 9.84. The summed E-state index contributed by atoms with van der Waals surface area (Å²) in [5.41, 5.74) is 4.68. The minimum absolute atomic E-state index is 0.00843. The van der Waals surface area contributed by atoms with Crippen LogP contribution >= 0.6 is 0 Å². The summed E-state index contributed by atoms with van der Waals surface area (Å²) >= 11 is 0. The summed E-state index contributed by atoms with van der Waals surface area (Å²) in [6, 6.07) is 16.1. The Labute approximate surface area is 206 Å². The minimum atomic E-state index is -0.831. The van der Waals surface area contributed by atoms with E-state index < -0.39 is 12.1 Å². The molecular weight excluding hydrogens is 444 g/mol. The van der Waals surface area contributed by atoms with E-state index in [1.54, 1.807) is 0 Å². The Balaban J connectivity index is 1.31. The van der Waals surface area contributed by atoms with Crippen molar-refractivity contribution in [3.8, 4) is 11.1 Å². The van der Waals surface area contributed by atoms with Crippen molar-refractivity contribution in [2.75, 3.05) is 13.2 Å². The lowest BCUT2D eigenvalue weighted by molar-refractivity contribution is -0.137. The lowest BCUT2D eigenvalue weighted by Gasteiger charge is -2.31. The molecule has 7 heteroatoms. The van der Waals surface area contributed by atoms with Gasteiger partial charge in [0.05, 0.1) is 5.92 Å². The number of hydrogen-bond donors (Lipinski definition) is 3. The molecule has 0 aromatic heterocycles. The van der Waals surface area contributed by atoms with Crippen LogP contribution in [0.15, 0.2) is 48.5 Å². The van der Waals surface area contributed by atoms with Gasteiger partial charge in [0.25, 0.3) is 0 Å². The third kappa shape index (κ3) is 6.02. The second kappa shape index (κ2) is 11.4. The van der Waals surface area contributed by atoms with Crippen molar-refractivity contribution >= 4 is 18.0 Å². The van der Waals surface area contributed by atoms with Crippen LogP contribution in [0, 0.1) is 11.8 Å². The van der Waals surface area contributed by atoms with Crippen molar-refractivity contribution in [2.45, 2.75) is 57.4 Å². The molecule has 0 spiro atoms. The fraction of sp³-hybridized carbons (Fsp3) is 0.464. The van der Waals surface area contributed by atoms with Crippen LogP contribution in [-0.2, 0) is 14.3 Å². The minimum Gasteiger partial charge on any atom is -0.481 e. The maximum Gasteiger partial charge on any atom is 0.407 e. The number of carboxylic acid groups (broad SMARTS) is 1. The number of amides is 2. The number of alkyl carbamates (subject to hydrolysis) is 1. The van der Waals surface area contributed by atoms with E-state index in [1.165, 1.54) is 11.1 Å². The molecule has 2 aliphatic rings. The summed E-state index contributed by atoms with van der Waals surface area (Å²) in [4.78, 5) is 36.4. The summed E-state index contributed by atoms with van der Waals surface area (Å²) in [6.07, 6.45) is 3.45. The second-order valence-electron chi connectivity index (χ2n) is 9.75. The molecule has 1 fully saturated rings. The molecule has 2 amide bonds. The van der Waals surface area contributed by atoms with Gasteiger partial charge < -0.3 is 20.5 Å². The molecule has 0 heterocycles. The Morgan fingerprint density at radius 1 is 1.00 bits per heavy atom. The molecule has 0 radical (unpaired) electrons. The monoisotopic (exact) mass is 478 g/mol. The van der Waals surface area contributed by atoms with E-state index >= 15 is 0 Å². The number of nitrogens with one attached hydrogen (secondary N) is 2. The van der Waals surface area contributed by atoms with E-state index in [9.17, 15) is 14.4 Å². The molecule has 1 saturated carbocycles. The van der Waals surface area contributed by atoms with Gasteiger partial charge in [-0.25, -0.2) is 4.79 Å². The number of carboxylic acids is 1. The molecule has 2 aromatic rings. The normalized spacial score (nSPS) is 19.8. The van der Waals surface area contributed by atoms with Crippen LogP contribution in [0.3, 0.4) is 0 Å². The van der Waals surface area contributed by atoms with E-state index in [0.717, 1.165) is 30.4 Å². The van der Waals surface area contributed by atoms with Crippen molar-refractivity contribution in [1.82, 2.24) is 10.6 Å². The molecule has 35 heavy (non-hydrogen) atoms. The largest absolute Gasteiger partial charge is 0.481 e. The first-order valence-electron chi connectivity index (χ1n) is 12.5. The molecule has 3 N–H and O–H groups in total. The predicted octanol–water partition coefficient (Wildman–Crippen LogP) is 4.70. The number of carbonyl (C=O) groups excluding carboxylic acids is 2. The SMILES string of the molecule is CC(CCC(=O)O)CNC(=O)[C@H]1CCCC[C@H]1NC(=O)OCC1c2ccccc2-c2ccccc21. The summed E-state index contributed by atoms with van der Waals surface area (Å²) in [6.45, 7) is 2.60. The molecule has 4 rings (SSSR count). The summed E-state index contributed by atoms with van der Waals surface area (Å²) in [5.74, 6) is -1.16. The number of ether oxygens (including phenoxy) is 1. The predicted molar refractivity (Wildman–Crippen MR) is 133 cm³/mol. The van der Waals surface area contributed by atoms with Gasteiger partial charge in [-0.3, -0.25) is 9.59 Å². The number of benzene rings is 2. The molecule has 186 valence electrons. The molecule has 0 bridgehead atoms. The van der Waals surface area contributed by atoms with Gasteiger partial charge in [0, 0.05) is 24.9 Å². The third-order valence-corrected chi connectivity index (χ3v) is 7.23. The zero-order chi connectivity index (χ0) is 24.8. The fourth-order valence-corrected chi connectivity index (χ4v) is 5.29. The van der Waals surface area contributed by atoms with Gasteiger partial charge in [0.2, 0.25) is 5.91 Å². The smallest absolute Gasteiger partial charge is 0.407 e. The van der Waals surface area contributed by atoms with Gasteiger partial charge >= 0.3 is 12.1 Å². The van der Waals surface area contributed by atoms with Gasteiger partial charge in [-0.1, -0.05) is 68.3 Å². The van der Waals surface area contributed by atoms with Crippen molar-refractivity contribution in [1.29, 1.82) is 0 Å². The Kier molecular flexibility index (Phi) is 8.06. The lowest BCUT2D eigenvalue weighted by Crippen LogP contribution is -2.49. The zero-order valence-electron chi connectivity index (χ0n) is 20.2. The van der Waals surface area contributed by atoms with Crippen LogP contribution in [0.25, 0.3) is 11.1 Å². The van der Waals surface area contributed by atoms with E-state index in [-0.39, 0.29) is 42.7 Å². The number of aliphatic carboxylic acids is 1. The Morgan fingerprint density at radius 3 is 2.29 bits per heavy atom. The number of hydrogen-bond acceptors (Lipinski definition) is 4. The highest BCUT2D eigenvalue weighted by molar-refractivity contribution is 5.81. The van der Waals surface area contributed by atoms with Crippen LogP contribution in [0.1, 0.15) is 62.5 Å². The van der Waals surface area contributed by atoms with Crippen molar-refractivity contribution in [3.63, 3.8) is 0 Å². The highest BCUT2D eigenvalue weighted by Gasteiger charge is 2.33. The second-order valence-corrected chi connectivity index (χ2v) is 9.75. The van der Waals surface area contributed by atoms with Crippen LogP contribution in [0.5, 0.6) is 0 Å². The van der Waals surface area contributed by atoms with Gasteiger partial charge in [0.1, 0.15) is 6.61 Å². The van der Waals surface area contributed by atoms with Crippen LogP contribution in [-0.4, -0.2) is 42.3 Å². The van der Waals surface area contributed by atoms with Gasteiger partial charge in [-0.2, -0.15) is 0 Å². The van der Waals surface area contributed by atoms with Crippen molar-refractivity contribution < 1.29 is 24.2 Å². The molecule has 1 unspecified atom stereocenters. The maximum absolute atomic E-state index is 12.9. The van der Waals surface area contributed by atoms with Gasteiger partial charge in [-0.05, 0) is 47.4 Å². The molecule has 2 aliphatic carbocycles. The van der Waals surface area contributed by atoms with Crippen molar-refractivity contribution in [3.05, 3.63) is 59.7 Å². The Hall–Kier alpha value is -3.35. The van der Waals surface area contributed by atoms with Crippen LogP contribution in [0.2, 0.25) is 0 Å². The molecule has 3 atom stereocenters. The van der Waals surface area contributed by atoms with E-state index in [2.05, 4.69) is 34.9 Å². The molecule has 0 aliphatic heterocycles. The molecule has 7 nitrogen and oxygen atoms in total. The topological polar surface area (TPSA) is 105 Å². The Morgan fingerprint density at radius 2 is 1.63 bits per heavy atom. The molecular formula is C28H34N2O5. The first-order chi connectivity index (χ1) is 16.9. The fourth-order valence-electron chi connectivity index (χ4n) is 5.29. The van der Waals surface area contributed by atoms with E-state index in [0.29, 0.717) is 19.4 Å².